The summed E-state index contributed by atoms with van der Waals surface area (Å²) in [6.07, 6.45) is 2.80. The van der Waals surface area contributed by atoms with Gasteiger partial charge in [-0.1, -0.05) is 71.8 Å². The molecule has 2 heterocycles. The van der Waals surface area contributed by atoms with Crippen molar-refractivity contribution in [3.05, 3.63) is 125 Å². The normalized spacial score (nSPS) is 25.9. The standard InChI is InChI=1S/C43H41N3O8/c1-24-9-13-27(14-10-24)44-46-40(50)33-23-32-30(17-18-31-36(32)41(51)45(39(31)49)20-19-25-11-15-28(47)16-12-25)38(37-34(53-2)21-29(48)22-35(37)54-3)43(33,42(46)52)26-7-5-4-6-8-26/h4-17,21-22,31-33,36,38,44,47-48H,18-20,23H2,1-3H3. The van der Waals surface area contributed by atoms with Crippen LogP contribution in [0.3, 0.4) is 0 Å². The number of carbonyl (C=O) groups excluding carboxylic acids is 4. The second kappa shape index (κ2) is 13.4. The summed E-state index contributed by atoms with van der Waals surface area (Å²) in [5.74, 6) is -4.79. The average Bonchev–Trinajstić information content (AvgIpc) is 3.55. The zero-order chi connectivity index (χ0) is 37.9. The number of amides is 4. The lowest BCUT2D eigenvalue weighted by Gasteiger charge is -2.51. The number of hydrogen-bond donors (Lipinski definition) is 3. The van der Waals surface area contributed by atoms with Gasteiger partial charge in [0.1, 0.15) is 23.0 Å². The van der Waals surface area contributed by atoms with Gasteiger partial charge in [0, 0.05) is 30.2 Å². The van der Waals surface area contributed by atoms with E-state index in [9.17, 15) is 24.6 Å². The number of fused-ring (bicyclic) bond motifs is 4. The van der Waals surface area contributed by atoms with Gasteiger partial charge < -0.3 is 19.7 Å². The summed E-state index contributed by atoms with van der Waals surface area (Å²) >= 11 is 0. The SMILES string of the molecule is COc1cc(O)cc(OC)c1C1C2=CCC3C(=O)N(CCc4ccc(O)cc4)C(=O)C3C2CC2C(=O)N(Nc3ccc(C)cc3)C(=O)C21c1ccccc1. The third kappa shape index (κ3) is 5.32. The minimum absolute atomic E-state index is 0.111. The van der Waals surface area contributed by atoms with E-state index in [-0.39, 0.29) is 54.2 Å². The lowest BCUT2D eigenvalue weighted by molar-refractivity contribution is -0.141. The molecular weight excluding hydrogens is 686 g/mol. The summed E-state index contributed by atoms with van der Waals surface area (Å²) in [5.41, 5.74) is 5.83. The number of allylic oxidation sites excluding steroid dienone is 2. The number of aromatic hydroxyl groups is 2. The van der Waals surface area contributed by atoms with E-state index in [1.54, 1.807) is 36.4 Å². The highest BCUT2D eigenvalue weighted by atomic mass is 16.5. The highest BCUT2D eigenvalue weighted by Crippen LogP contribution is 2.66. The highest BCUT2D eigenvalue weighted by molar-refractivity contribution is 6.13. The van der Waals surface area contributed by atoms with Crippen LogP contribution in [0.1, 0.15) is 41.0 Å². The van der Waals surface area contributed by atoms with Gasteiger partial charge in [0.05, 0.1) is 43.1 Å². The van der Waals surface area contributed by atoms with Crippen molar-refractivity contribution in [1.82, 2.24) is 9.91 Å². The first-order valence-electron chi connectivity index (χ1n) is 18.1. The average molecular weight is 728 g/mol. The first-order valence-corrected chi connectivity index (χ1v) is 18.1. The highest BCUT2D eigenvalue weighted by Gasteiger charge is 2.71. The lowest BCUT2D eigenvalue weighted by Crippen LogP contribution is -2.53. The molecule has 4 aromatic rings. The molecule has 0 spiro atoms. The van der Waals surface area contributed by atoms with Crippen molar-refractivity contribution in [2.75, 3.05) is 26.2 Å². The lowest BCUT2D eigenvalue weighted by atomic mass is 9.49. The molecule has 4 aliphatic rings. The number of hydrazine groups is 1. The van der Waals surface area contributed by atoms with Crippen molar-refractivity contribution >= 4 is 29.3 Å². The Hall–Kier alpha value is -6.10. The number of nitrogens with zero attached hydrogens (tertiary/aromatic N) is 2. The van der Waals surface area contributed by atoms with Crippen molar-refractivity contribution in [3.8, 4) is 23.0 Å². The molecular formula is C43H41N3O8. The Kier molecular flexibility index (Phi) is 8.67. The van der Waals surface area contributed by atoms with Crippen LogP contribution < -0.4 is 14.9 Å². The molecule has 4 amide bonds. The number of ether oxygens (including phenoxy) is 2. The number of hydrogen-bond acceptors (Lipinski definition) is 9. The van der Waals surface area contributed by atoms with E-state index in [0.29, 0.717) is 23.2 Å². The minimum atomic E-state index is -1.53. The molecule has 276 valence electrons. The Bertz CT molecular complexity index is 2160. The number of anilines is 1. The Morgan fingerprint density at radius 2 is 1.46 bits per heavy atom. The van der Waals surface area contributed by atoms with Crippen LogP contribution in [0.25, 0.3) is 0 Å². The Morgan fingerprint density at radius 3 is 2.11 bits per heavy atom. The van der Waals surface area contributed by atoms with E-state index in [1.807, 2.05) is 55.5 Å². The topological polar surface area (TPSA) is 146 Å². The first kappa shape index (κ1) is 35.0. The van der Waals surface area contributed by atoms with E-state index in [4.69, 9.17) is 9.47 Å². The van der Waals surface area contributed by atoms with E-state index < -0.39 is 46.8 Å². The number of methoxy groups -OCH3 is 2. The van der Waals surface area contributed by atoms with Crippen LogP contribution in [-0.2, 0) is 31.0 Å². The summed E-state index contributed by atoms with van der Waals surface area (Å²) in [7, 11) is 2.93. The zero-order valence-electron chi connectivity index (χ0n) is 30.2. The van der Waals surface area contributed by atoms with Crippen LogP contribution in [0, 0.1) is 30.6 Å². The third-order valence-electron chi connectivity index (χ3n) is 11.9. The molecule has 3 fully saturated rings. The molecule has 11 heteroatoms. The van der Waals surface area contributed by atoms with Gasteiger partial charge in [0.2, 0.25) is 11.8 Å². The molecule has 0 bridgehead atoms. The number of rotatable bonds is 9. The molecule has 6 unspecified atom stereocenters. The predicted molar refractivity (Wildman–Crippen MR) is 199 cm³/mol. The van der Waals surface area contributed by atoms with Crippen LogP contribution in [-0.4, -0.2) is 64.5 Å². The molecule has 54 heavy (non-hydrogen) atoms. The van der Waals surface area contributed by atoms with Gasteiger partial charge in [-0.2, -0.15) is 5.01 Å². The van der Waals surface area contributed by atoms with Crippen molar-refractivity contribution in [3.63, 3.8) is 0 Å². The zero-order valence-corrected chi connectivity index (χ0v) is 30.2. The predicted octanol–water partition coefficient (Wildman–Crippen LogP) is 5.65. The van der Waals surface area contributed by atoms with Crippen molar-refractivity contribution in [2.45, 2.75) is 37.5 Å². The van der Waals surface area contributed by atoms with E-state index in [0.717, 1.165) is 21.7 Å². The number of imide groups is 2. The van der Waals surface area contributed by atoms with Crippen LogP contribution in [0.2, 0.25) is 0 Å². The maximum Gasteiger partial charge on any atom is 0.260 e. The minimum Gasteiger partial charge on any atom is -0.508 e. The number of phenols is 2. The first-order chi connectivity index (χ1) is 26.1. The van der Waals surface area contributed by atoms with E-state index in [2.05, 4.69) is 5.43 Å². The Labute approximate surface area is 312 Å². The van der Waals surface area contributed by atoms with Gasteiger partial charge in [-0.05, 0) is 67.5 Å². The Balaban J connectivity index is 1.30. The second-order valence-electron chi connectivity index (χ2n) is 14.6. The van der Waals surface area contributed by atoms with Gasteiger partial charge in [-0.25, -0.2) is 0 Å². The number of aryl methyl sites for hydroxylation is 1. The monoisotopic (exact) mass is 727 g/mol. The van der Waals surface area contributed by atoms with Gasteiger partial charge >= 0.3 is 0 Å². The molecule has 3 N–H and O–H groups in total. The number of nitrogens with one attached hydrogen (secondary N) is 1. The second-order valence-corrected chi connectivity index (χ2v) is 14.6. The molecule has 2 aliphatic carbocycles. The van der Waals surface area contributed by atoms with E-state index >= 15 is 4.79 Å². The van der Waals surface area contributed by atoms with Gasteiger partial charge in [-0.15, -0.1) is 0 Å². The summed E-state index contributed by atoms with van der Waals surface area (Å²) in [6, 6.07) is 26.2. The molecule has 4 aromatic carbocycles. The third-order valence-corrected chi connectivity index (χ3v) is 11.9. The molecule has 2 saturated heterocycles. The van der Waals surface area contributed by atoms with Crippen LogP contribution in [0.15, 0.2) is 103 Å². The van der Waals surface area contributed by atoms with Crippen molar-refractivity contribution in [1.29, 1.82) is 0 Å². The molecule has 2 aliphatic heterocycles. The molecule has 6 atom stereocenters. The number of carbonyl (C=O) groups is 4. The van der Waals surface area contributed by atoms with Gasteiger partial charge in [-0.3, -0.25) is 29.5 Å². The van der Waals surface area contributed by atoms with Crippen LogP contribution in [0.4, 0.5) is 5.69 Å². The summed E-state index contributed by atoms with van der Waals surface area (Å²) in [5, 5.41) is 21.6. The molecule has 0 aromatic heterocycles. The van der Waals surface area contributed by atoms with Crippen molar-refractivity contribution in [2.24, 2.45) is 23.7 Å². The maximum atomic E-state index is 15.4. The smallest absolute Gasteiger partial charge is 0.260 e. The largest absolute Gasteiger partial charge is 0.508 e. The Morgan fingerprint density at radius 1 is 0.796 bits per heavy atom. The number of likely N-dealkylation sites (tertiary alicyclic amines) is 1. The fraction of sp³-hybridized carbons (Fsp3) is 0.302. The molecule has 1 saturated carbocycles. The van der Waals surface area contributed by atoms with Crippen LogP contribution >= 0.6 is 0 Å². The molecule has 8 rings (SSSR count). The quantitative estimate of drug-likeness (QED) is 0.147. The van der Waals surface area contributed by atoms with Crippen LogP contribution in [0.5, 0.6) is 23.0 Å². The number of benzene rings is 4. The summed E-state index contributed by atoms with van der Waals surface area (Å²) in [4.78, 5) is 60.3. The number of phenolic OH excluding ortho intramolecular Hbond substituents is 2. The molecule has 0 radical (unpaired) electrons. The van der Waals surface area contributed by atoms with Crippen molar-refractivity contribution < 1.29 is 38.9 Å². The van der Waals surface area contributed by atoms with Gasteiger partial charge in [0.15, 0.2) is 0 Å². The summed E-state index contributed by atoms with van der Waals surface area (Å²) < 4.78 is 11.8. The fourth-order valence-corrected chi connectivity index (χ4v) is 9.46. The summed E-state index contributed by atoms with van der Waals surface area (Å²) in [6.45, 7) is 2.12. The van der Waals surface area contributed by atoms with E-state index in [1.165, 1.54) is 31.3 Å². The molecule has 11 nitrogen and oxygen atoms in total. The fourth-order valence-electron chi connectivity index (χ4n) is 9.46. The van der Waals surface area contributed by atoms with Gasteiger partial charge in [0.25, 0.3) is 11.8 Å². The maximum absolute atomic E-state index is 15.4.